The van der Waals surface area contributed by atoms with E-state index in [-0.39, 0.29) is 0 Å². The van der Waals surface area contributed by atoms with E-state index in [4.69, 9.17) is 4.74 Å². The summed E-state index contributed by atoms with van der Waals surface area (Å²) < 4.78 is 5.48. The van der Waals surface area contributed by atoms with Crippen molar-refractivity contribution in [2.75, 3.05) is 38.3 Å². The van der Waals surface area contributed by atoms with Crippen LogP contribution < -0.4 is 10.2 Å². The molecule has 1 aromatic rings. The van der Waals surface area contributed by atoms with Crippen molar-refractivity contribution < 1.29 is 4.74 Å². The van der Waals surface area contributed by atoms with Gasteiger partial charge < -0.3 is 15.0 Å². The molecule has 0 aliphatic carbocycles. The van der Waals surface area contributed by atoms with Gasteiger partial charge in [0.05, 0.1) is 13.2 Å². The Balaban J connectivity index is 1.83. The van der Waals surface area contributed by atoms with Gasteiger partial charge in [0.25, 0.3) is 0 Å². The number of anilines is 1. The van der Waals surface area contributed by atoms with E-state index in [1.165, 1.54) is 11.3 Å². The zero-order valence-corrected chi connectivity index (χ0v) is 12.4. The molecule has 2 rings (SSSR count). The van der Waals surface area contributed by atoms with Crippen LogP contribution in [0.15, 0.2) is 24.3 Å². The third-order valence-corrected chi connectivity index (χ3v) is 3.81. The van der Waals surface area contributed by atoms with E-state index in [1.807, 2.05) is 0 Å². The quantitative estimate of drug-likeness (QED) is 0.883. The Hall–Kier alpha value is -1.06. The van der Waals surface area contributed by atoms with E-state index >= 15 is 0 Å². The van der Waals surface area contributed by atoms with E-state index in [9.17, 15) is 0 Å². The van der Waals surface area contributed by atoms with Crippen molar-refractivity contribution in [1.29, 1.82) is 0 Å². The molecule has 1 aromatic carbocycles. The third kappa shape index (κ3) is 4.22. The van der Waals surface area contributed by atoms with Crippen LogP contribution in [0.25, 0.3) is 0 Å². The Morgan fingerprint density at radius 1 is 1.32 bits per heavy atom. The van der Waals surface area contributed by atoms with Gasteiger partial charge in [0.1, 0.15) is 0 Å². The second-order valence-electron chi connectivity index (χ2n) is 5.68. The average molecular weight is 262 g/mol. The van der Waals surface area contributed by atoms with E-state index < -0.39 is 0 Å². The summed E-state index contributed by atoms with van der Waals surface area (Å²) in [6.07, 6.45) is 1.13. The van der Waals surface area contributed by atoms with Crippen molar-refractivity contribution in [2.45, 2.75) is 32.2 Å². The molecule has 0 aromatic heterocycles. The molecule has 1 aliphatic rings. The van der Waals surface area contributed by atoms with Crippen LogP contribution in [0, 0.1) is 0 Å². The Bertz CT molecular complexity index is 369. The van der Waals surface area contributed by atoms with Crippen molar-refractivity contribution in [1.82, 2.24) is 5.32 Å². The van der Waals surface area contributed by atoms with Crippen LogP contribution in [0.5, 0.6) is 0 Å². The van der Waals surface area contributed by atoms with Crippen LogP contribution in [0.2, 0.25) is 0 Å². The molecule has 1 N–H and O–H groups in total. The molecule has 1 saturated heterocycles. The first-order valence-electron chi connectivity index (χ1n) is 7.29. The normalized spacial score (nSPS) is 19.7. The van der Waals surface area contributed by atoms with Gasteiger partial charge in [0.2, 0.25) is 0 Å². The van der Waals surface area contributed by atoms with Crippen molar-refractivity contribution >= 4 is 5.69 Å². The molecule has 1 fully saturated rings. The van der Waals surface area contributed by atoms with E-state index in [2.05, 4.69) is 55.4 Å². The maximum Gasteiger partial charge on any atom is 0.0620 e. The summed E-state index contributed by atoms with van der Waals surface area (Å²) in [5.41, 5.74) is 2.70. The zero-order valence-electron chi connectivity index (χ0n) is 12.4. The minimum absolute atomic E-state index is 0.506. The molecular weight excluding hydrogens is 236 g/mol. The van der Waals surface area contributed by atoms with E-state index in [0.29, 0.717) is 12.0 Å². The third-order valence-electron chi connectivity index (χ3n) is 3.81. The van der Waals surface area contributed by atoms with Crippen LogP contribution in [0.1, 0.15) is 31.7 Å². The predicted octanol–water partition coefficient (Wildman–Crippen LogP) is 2.62. The van der Waals surface area contributed by atoms with Gasteiger partial charge in [-0.15, -0.1) is 0 Å². The lowest BCUT2D eigenvalue weighted by Gasteiger charge is -2.27. The smallest absolute Gasteiger partial charge is 0.0620 e. The molecule has 19 heavy (non-hydrogen) atoms. The summed E-state index contributed by atoms with van der Waals surface area (Å²) in [5.74, 6) is 0.600. The second kappa shape index (κ2) is 6.92. The van der Waals surface area contributed by atoms with Gasteiger partial charge in [0, 0.05) is 31.9 Å². The topological polar surface area (TPSA) is 24.5 Å². The first kappa shape index (κ1) is 14.4. The Morgan fingerprint density at radius 3 is 2.63 bits per heavy atom. The van der Waals surface area contributed by atoms with Crippen LogP contribution in [-0.4, -0.2) is 39.4 Å². The maximum atomic E-state index is 5.48. The number of ether oxygens (including phenoxy) is 1. The summed E-state index contributed by atoms with van der Waals surface area (Å²) >= 11 is 0. The minimum Gasteiger partial charge on any atom is -0.379 e. The van der Waals surface area contributed by atoms with Crippen molar-refractivity contribution in [3.05, 3.63) is 29.8 Å². The zero-order chi connectivity index (χ0) is 13.7. The molecular formula is C16H26N2O. The molecule has 1 unspecified atom stereocenters. The molecule has 0 radical (unpaired) electrons. The summed E-state index contributed by atoms with van der Waals surface area (Å²) in [7, 11) is 2.16. The lowest BCUT2D eigenvalue weighted by Crippen LogP contribution is -2.42. The van der Waals surface area contributed by atoms with Gasteiger partial charge in [-0.1, -0.05) is 26.0 Å². The number of morpholine rings is 1. The summed E-state index contributed by atoms with van der Waals surface area (Å²) in [6.45, 7) is 8.20. The average Bonchev–Trinajstić information content (AvgIpc) is 2.46. The lowest BCUT2D eigenvalue weighted by molar-refractivity contribution is 0.0749. The molecule has 0 spiro atoms. The van der Waals surface area contributed by atoms with Crippen LogP contribution >= 0.6 is 0 Å². The largest absolute Gasteiger partial charge is 0.379 e. The van der Waals surface area contributed by atoms with E-state index in [0.717, 1.165) is 32.7 Å². The van der Waals surface area contributed by atoms with Crippen molar-refractivity contribution in [2.24, 2.45) is 0 Å². The number of hydrogen-bond acceptors (Lipinski definition) is 3. The van der Waals surface area contributed by atoms with Gasteiger partial charge in [-0.05, 0) is 30.0 Å². The molecule has 1 heterocycles. The number of nitrogens with one attached hydrogen (secondary N) is 1. The van der Waals surface area contributed by atoms with Crippen LogP contribution in [-0.2, 0) is 4.74 Å². The molecule has 0 amide bonds. The number of nitrogens with zero attached hydrogens (tertiary/aromatic N) is 1. The number of rotatable bonds is 5. The first-order chi connectivity index (χ1) is 9.16. The standard InChI is InChI=1S/C16H26N2O/c1-13(2)14-4-6-16(7-5-14)18(3)10-8-15-12-19-11-9-17-15/h4-7,13,15,17H,8-12H2,1-3H3. The molecule has 1 atom stereocenters. The Labute approximate surface area is 116 Å². The van der Waals surface area contributed by atoms with Crippen molar-refractivity contribution in [3.8, 4) is 0 Å². The minimum atomic E-state index is 0.506. The first-order valence-corrected chi connectivity index (χ1v) is 7.29. The van der Waals surface area contributed by atoms with Crippen molar-refractivity contribution in [3.63, 3.8) is 0 Å². The lowest BCUT2D eigenvalue weighted by atomic mass is 10.0. The summed E-state index contributed by atoms with van der Waals surface area (Å²) in [5, 5.41) is 3.50. The van der Waals surface area contributed by atoms with Gasteiger partial charge in [0.15, 0.2) is 0 Å². The SMILES string of the molecule is CC(C)c1ccc(N(C)CCC2COCCN2)cc1. The van der Waals surface area contributed by atoms with Crippen LogP contribution in [0.4, 0.5) is 5.69 Å². The Kier molecular flexibility index (Phi) is 5.23. The molecule has 0 bridgehead atoms. The summed E-state index contributed by atoms with van der Waals surface area (Å²) in [6, 6.07) is 9.42. The van der Waals surface area contributed by atoms with E-state index in [1.54, 1.807) is 0 Å². The van der Waals surface area contributed by atoms with Gasteiger partial charge >= 0.3 is 0 Å². The molecule has 3 heteroatoms. The monoisotopic (exact) mass is 262 g/mol. The van der Waals surface area contributed by atoms with Gasteiger partial charge in [-0.2, -0.15) is 0 Å². The fourth-order valence-corrected chi connectivity index (χ4v) is 2.40. The second-order valence-corrected chi connectivity index (χ2v) is 5.68. The fourth-order valence-electron chi connectivity index (χ4n) is 2.40. The Morgan fingerprint density at radius 2 is 2.05 bits per heavy atom. The van der Waals surface area contributed by atoms with Gasteiger partial charge in [-0.3, -0.25) is 0 Å². The predicted molar refractivity (Wildman–Crippen MR) is 81.0 cm³/mol. The fraction of sp³-hybridized carbons (Fsp3) is 0.625. The molecule has 1 aliphatic heterocycles. The highest BCUT2D eigenvalue weighted by atomic mass is 16.5. The highest BCUT2D eigenvalue weighted by Crippen LogP contribution is 2.19. The van der Waals surface area contributed by atoms with Crippen LogP contribution in [0.3, 0.4) is 0 Å². The maximum absolute atomic E-state index is 5.48. The summed E-state index contributed by atoms with van der Waals surface area (Å²) in [4.78, 5) is 2.32. The molecule has 106 valence electrons. The number of hydrogen-bond donors (Lipinski definition) is 1. The van der Waals surface area contributed by atoms with Gasteiger partial charge in [-0.25, -0.2) is 0 Å². The highest BCUT2D eigenvalue weighted by molar-refractivity contribution is 5.47. The number of benzene rings is 1. The molecule has 0 saturated carbocycles. The highest BCUT2D eigenvalue weighted by Gasteiger charge is 2.13. The molecule has 3 nitrogen and oxygen atoms in total.